The number of likely N-dealkylation sites (N-methyl/N-ethyl adjacent to an activating group) is 1. The number of carbonyl (C=O) groups is 1. The number of halogens is 2. The zero-order valence-corrected chi connectivity index (χ0v) is 8.73. The van der Waals surface area contributed by atoms with Crippen molar-refractivity contribution in [2.75, 3.05) is 13.6 Å². The first-order chi connectivity index (χ1) is 7.10. The van der Waals surface area contributed by atoms with E-state index >= 15 is 0 Å². The molecule has 0 saturated heterocycles. The molecular formula is C11H13F2NO. The molecule has 0 heterocycles. The zero-order valence-electron chi connectivity index (χ0n) is 8.73. The summed E-state index contributed by atoms with van der Waals surface area (Å²) in [6.07, 6.45) is 0. The Morgan fingerprint density at radius 2 is 2.13 bits per heavy atom. The lowest BCUT2D eigenvalue weighted by Gasteiger charge is -2.06. The van der Waals surface area contributed by atoms with Crippen molar-refractivity contribution in [2.45, 2.75) is 13.6 Å². The molecule has 0 amide bonds. The minimum Gasteiger partial charge on any atom is -0.313 e. The number of hydrogen-bond acceptors (Lipinski definition) is 2. The predicted molar refractivity (Wildman–Crippen MR) is 54.2 cm³/mol. The minimum atomic E-state index is -0.849. The summed E-state index contributed by atoms with van der Waals surface area (Å²) in [5.41, 5.74) is 0.768. The van der Waals surface area contributed by atoms with Gasteiger partial charge in [-0.1, -0.05) is 0 Å². The fraction of sp³-hybridized carbons (Fsp3) is 0.364. The number of Topliss-reactive ketones (excluding diaryl/α,β-unsaturated/α-hetero) is 1. The molecule has 0 bridgehead atoms. The second kappa shape index (κ2) is 4.98. The van der Waals surface area contributed by atoms with E-state index in [1.807, 2.05) is 0 Å². The molecule has 2 nitrogen and oxygen atoms in total. The molecule has 0 radical (unpaired) electrons. The SMILES string of the molecule is CNCC(=O)c1cc(C)c(CF)c(F)c1. The van der Waals surface area contributed by atoms with E-state index in [0.29, 0.717) is 5.56 Å². The summed E-state index contributed by atoms with van der Waals surface area (Å²) in [5, 5.41) is 2.69. The quantitative estimate of drug-likeness (QED) is 0.775. The highest BCUT2D eigenvalue weighted by atomic mass is 19.1. The fourth-order valence-electron chi connectivity index (χ4n) is 1.37. The van der Waals surface area contributed by atoms with Crippen LogP contribution in [0.3, 0.4) is 0 Å². The van der Waals surface area contributed by atoms with Gasteiger partial charge in [-0.05, 0) is 31.7 Å². The summed E-state index contributed by atoms with van der Waals surface area (Å²) in [7, 11) is 1.64. The van der Waals surface area contributed by atoms with Crippen molar-refractivity contribution < 1.29 is 13.6 Å². The second-order valence-corrected chi connectivity index (χ2v) is 3.34. The molecule has 0 saturated carbocycles. The van der Waals surface area contributed by atoms with Gasteiger partial charge in [-0.25, -0.2) is 8.78 Å². The van der Waals surface area contributed by atoms with Crippen LogP contribution in [0.1, 0.15) is 21.5 Å². The molecule has 0 aliphatic heterocycles. The van der Waals surface area contributed by atoms with Crippen molar-refractivity contribution in [1.82, 2.24) is 5.32 Å². The van der Waals surface area contributed by atoms with Gasteiger partial charge in [0.1, 0.15) is 12.5 Å². The summed E-state index contributed by atoms with van der Waals surface area (Å²) in [5.74, 6) is -0.859. The standard InChI is InChI=1S/C11H13F2NO/c1-7-3-8(11(15)6-14-2)4-10(13)9(7)5-12/h3-4,14H,5-6H2,1-2H3. The largest absolute Gasteiger partial charge is 0.313 e. The van der Waals surface area contributed by atoms with E-state index in [0.717, 1.165) is 6.07 Å². The van der Waals surface area contributed by atoms with Gasteiger partial charge in [0.25, 0.3) is 0 Å². The molecule has 0 aromatic heterocycles. The topological polar surface area (TPSA) is 29.1 Å². The Kier molecular flexibility index (Phi) is 3.91. The molecule has 0 aliphatic rings. The predicted octanol–water partition coefficient (Wildman–Crippen LogP) is 2.01. The van der Waals surface area contributed by atoms with E-state index in [-0.39, 0.29) is 23.5 Å². The number of benzene rings is 1. The third kappa shape index (κ3) is 2.59. The second-order valence-electron chi connectivity index (χ2n) is 3.34. The summed E-state index contributed by atoms with van der Waals surface area (Å²) < 4.78 is 25.7. The third-order valence-electron chi connectivity index (χ3n) is 2.21. The van der Waals surface area contributed by atoms with Crippen LogP contribution in [0.4, 0.5) is 8.78 Å². The molecule has 0 unspecified atom stereocenters. The lowest BCUT2D eigenvalue weighted by Crippen LogP contribution is -2.19. The third-order valence-corrected chi connectivity index (χ3v) is 2.21. The van der Waals surface area contributed by atoms with Crippen molar-refractivity contribution in [3.63, 3.8) is 0 Å². The average molecular weight is 213 g/mol. The number of hydrogen-bond donors (Lipinski definition) is 1. The lowest BCUT2D eigenvalue weighted by atomic mass is 10.0. The highest BCUT2D eigenvalue weighted by Crippen LogP contribution is 2.17. The van der Waals surface area contributed by atoms with Crippen LogP contribution in [-0.2, 0) is 6.67 Å². The Morgan fingerprint density at radius 3 is 2.60 bits per heavy atom. The molecular weight excluding hydrogens is 200 g/mol. The lowest BCUT2D eigenvalue weighted by molar-refractivity contribution is 0.0993. The molecule has 1 aromatic carbocycles. The summed E-state index contributed by atoms with van der Waals surface area (Å²) in [6.45, 7) is 0.889. The molecule has 1 aromatic rings. The number of alkyl halides is 1. The van der Waals surface area contributed by atoms with E-state index in [9.17, 15) is 13.6 Å². The Balaban J connectivity index is 3.08. The van der Waals surface area contributed by atoms with Crippen molar-refractivity contribution in [3.05, 3.63) is 34.6 Å². The maximum atomic E-state index is 13.3. The molecule has 0 aliphatic carbocycles. The van der Waals surface area contributed by atoms with E-state index in [2.05, 4.69) is 5.32 Å². The van der Waals surface area contributed by atoms with Gasteiger partial charge >= 0.3 is 0 Å². The Hall–Kier alpha value is -1.29. The first kappa shape index (κ1) is 11.8. The van der Waals surface area contributed by atoms with Crippen LogP contribution in [0.15, 0.2) is 12.1 Å². The first-order valence-electron chi connectivity index (χ1n) is 4.63. The minimum absolute atomic E-state index is 0.0241. The molecule has 82 valence electrons. The zero-order chi connectivity index (χ0) is 11.4. The molecule has 0 spiro atoms. The number of aryl methyl sites for hydroxylation is 1. The molecule has 1 rings (SSSR count). The number of carbonyl (C=O) groups excluding carboxylic acids is 1. The van der Waals surface area contributed by atoms with Crippen LogP contribution in [0.25, 0.3) is 0 Å². The fourth-order valence-corrected chi connectivity index (χ4v) is 1.37. The van der Waals surface area contributed by atoms with Crippen molar-refractivity contribution in [1.29, 1.82) is 0 Å². The average Bonchev–Trinajstić information content (AvgIpc) is 2.17. The van der Waals surface area contributed by atoms with Gasteiger partial charge in [-0.3, -0.25) is 4.79 Å². The Bertz CT molecular complexity index is 354. The normalized spacial score (nSPS) is 10.4. The molecule has 15 heavy (non-hydrogen) atoms. The maximum Gasteiger partial charge on any atom is 0.176 e. The van der Waals surface area contributed by atoms with Gasteiger partial charge in [0.2, 0.25) is 0 Å². The van der Waals surface area contributed by atoms with Crippen LogP contribution in [0, 0.1) is 12.7 Å². The Morgan fingerprint density at radius 1 is 1.47 bits per heavy atom. The van der Waals surface area contributed by atoms with Crippen molar-refractivity contribution >= 4 is 5.78 Å². The van der Waals surface area contributed by atoms with Crippen molar-refractivity contribution in [3.8, 4) is 0 Å². The van der Waals surface area contributed by atoms with E-state index in [1.54, 1.807) is 14.0 Å². The van der Waals surface area contributed by atoms with Crippen molar-refractivity contribution in [2.24, 2.45) is 0 Å². The maximum absolute atomic E-state index is 13.3. The monoisotopic (exact) mass is 213 g/mol. The highest BCUT2D eigenvalue weighted by Gasteiger charge is 2.11. The summed E-state index contributed by atoms with van der Waals surface area (Å²) in [4.78, 5) is 11.4. The smallest absolute Gasteiger partial charge is 0.176 e. The van der Waals surface area contributed by atoms with Crippen LogP contribution in [-0.4, -0.2) is 19.4 Å². The van der Waals surface area contributed by atoms with Gasteiger partial charge in [-0.15, -0.1) is 0 Å². The van der Waals surface area contributed by atoms with Crippen LogP contribution < -0.4 is 5.32 Å². The van der Waals surface area contributed by atoms with Gasteiger partial charge in [0.05, 0.1) is 6.54 Å². The summed E-state index contributed by atoms with van der Waals surface area (Å²) >= 11 is 0. The summed E-state index contributed by atoms with van der Waals surface area (Å²) in [6, 6.07) is 2.60. The molecule has 0 atom stereocenters. The van der Waals surface area contributed by atoms with Crippen LogP contribution >= 0.6 is 0 Å². The van der Waals surface area contributed by atoms with Gasteiger partial charge in [0.15, 0.2) is 5.78 Å². The molecule has 4 heteroatoms. The van der Waals surface area contributed by atoms with E-state index < -0.39 is 12.5 Å². The highest BCUT2D eigenvalue weighted by molar-refractivity contribution is 5.97. The van der Waals surface area contributed by atoms with Gasteiger partial charge < -0.3 is 5.32 Å². The van der Waals surface area contributed by atoms with Gasteiger partial charge in [0, 0.05) is 11.1 Å². The van der Waals surface area contributed by atoms with E-state index in [4.69, 9.17) is 0 Å². The van der Waals surface area contributed by atoms with Crippen LogP contribution in [0.5, 0.6) is 0 Å². The Labute approximate surface area is 87.3 Å². The first-order valence-corrected chi connectivity index (χ1v) is 4.63. The molecule has 1 N–H and O–H groups in total. The number of rotatable bonds is 4. The van der Waals surface area contributed by atoms with Crippen LogP contribution in [0.2, 0.25) is 0 Å². The molecule has 0 fully saturated rings. The number of ketones is 1. The van der Waals surface area contributed by atoms with E-state index in [1.165, 1.54) is 6.07 Å². The number of nitrogens with one attached hydrogen (secondary N) is 1. The van der Waals surface area contributed by atoms with Gasteiger partial charge in [-0.2, -0.15) is 0 Å².